The van der Waals surface area contributed by atoms with Gasteiger partial charge in [-0.3, -0.25) is 0 Å². The Kier molecular flexibility index (Phi) is 6.10. The van der Waals surface area contributed by atoms with E-state index >= 15 is 0 Å². The lowest BCUT2D eigenvalue weighted by Gasteiger charge is -2.19. The van der Waals surface area contributed by atoms with Crippen molar-refractivity contribution in [3.8, 4) is 17.2 Å². The first-order chi connectivity index (χ1) is 11.4. The molecule has 0 saturated carbocycles. The fraction of sp³-hybridized carbons (Fsp3) is 0.400. The monoisotopic (exact) mass is 329 g/mol. The normalized spacial score (nSPS) is 11.2. The highest BCUT2D eigenvalue weighted by Gasteiger charge is 2.13. The van der Waals surface area contributed by atoms with Gasteiger partial charge < -0.3 is 19.9 Å². The Hall–Kier alpha value is -2.20. The van der Waals surface area contributed by atoms with E-state index in [1.165, 1.54) is 5.56 Å². The highest BCUT2D eigenvalue weighted by molar-refractivity contribution is 5.42. The molecule has 2 rings (SSSR count). The van der Waals surface area contributed by atoms with Crippen molar-refractivity contribution in [1.29, 1.82) is 0 Å². The highest BCUT2D eigenvalue weighted by atomic mass is 16.5. The lowest BCUT2D eigenvalue weighted by molar-refractivity contribution is 0.211. The smallest absolute Gasteiger partial charge is 0.161 e. The molecule has 2 N–H and O–H groups in total. The van der Waals surface area contributed by atoms with Crippen molar-refractivity contribution >= 4 is 0 Å². The Bertz CT molecular complexity index is 645. The number of ether oxygens (including phenoxy) is 3. The summed E-state index contributed by atoms with van der Waals surface area (Å²) < 4.78 is 16.8. The first kappa shape index (κ1) is 18.1. The zero-order valence-corrected chi connectivity index (χ0v) is 15.0. The Balaban J connectivity index is 1.87. The van der Waals surface area contributed by atoms with E-state index in [4.69, 9.17) is 19.9 Å². The van der Waals surface area contributed by atoms with Crippen LogP contribution in [0.15, 0.2) is 42.5 Å². The maximum Gasteiger partial charge on any atom is 0.161 e. The first-order valence-electron chi connectivity index (χ1n) is 8.17. The number of benzene rings is 2. The number of methoxy groups -OCH3 is 1. The van der Waals surface area contributed by atoms with Crippen molar-refractivity contribution in [3.05, 3.63) is 53.6 Å². The molecule has 24 heavy (non-hydrogen) atoms. The molecule has 4 heteroatoms. The van der Waals surface area contributed by atoms with Crippen molar-refractivity contribution < 1.29 is 14.2 Å². The van der Waals surface area contributed by atoms with Gasteiger partial charge in [0.2, 0.25) is 0 Å². The fourth-order valence-corrected chi connectivity index (χ4v) is 2.32. The molecule has 0 radical (unpaired) electrons. The topological polar surface area (TPSA) is 53.7 Å². The van der Waals surface area contributed by atoms with E-state index in [1.807, 2.05) is 30.3 Å². The van der Waals surface area contributed by atoms with E-state index in [0.717, 1.165) is 11.3 Å². The van der Waals surface area contributed by atoms with Gasteiger partial charge in [0.1, 0.15) is 19.0 Å². The van der Waals surface area contributed by atoms with Crippen LogP contribution in [0.1, 0.15) is 31.9 Å². The van der Waals surface area contributed by atoms with Gasteiger partial charge in [-0.15, -0.1) is 0 Å². The summed E-state index contributed by atoms with van der Waals surface area (Å²) in [5.74, 6) is 2.23. The summed E-state index contributed by atoms with van der Waals surface area (Å²) in [7, 11) is 1.62. The van der Waals surface area contributed by atoms with Gasteiger partial charge in [-0.05, 0) is 40.8 Å². The molecular weight excluding hydrogens is 302 g/mol. The molecule has 0 unspecified atom stereocenters. The number of rotatable bonds is 7. The Morgan fingerprint density at radius 2 is 1.54 bits per heavy atom. The van der Waals surface area contributed by atoms with Gasteiger partial charge in [0.25, 0.3) is 0 Å². The predicted molar refractivity (Wildman–Crippen MR) is 97.0 cm³/mol. The minimum absolute atomic E-state index is 0.145. The zero-order valence-electron chi connectivity index (χ0n) is 15.0. The molecule has 2 aromatic rings. The maximum absolute atomic E-state index is 5.76. The third kappa shape index (κ3) is 4.90. The van der Waals surface area contributed by atoms with Crippen LogP contribution in [0.5, 0.6) is 17.2 Å². The molecule has 0 aromatic heterocycles. The van der Waals surface area contributed by atoms with E-state index in [0.29, 0.717) is 31.3 Å². The molecule has 0 heterocycles. The lowest BCUT2D eigenvalue weighted by atomic mass is 9.87. The molecule has 2 aromatic carbocycles. The molecule has 4 nitrogen and oxygen atoms in total. The average molecular weight is 329 g/mol. The SMILES string of the molecule is COc1ccc(CN)cc1OCCOc1ccc(C(C)(C)C)cc1. The van der Waals surface area contributed by atoms with Crippen LogP contribution in [-0.4, -0.2) is 20.3 Å². The average Bonchev–Trinajstić information content (AvgIpc) is 2.58. The van der Waals surface area contributed by atoms with Crippen molar-refractivity contribution in [3.63, 3.8) is 0 Å². The first-order valence-corrected chi connectivity index (χ1v) is 8.17. The van der Waals surface area contributed by atoms with Crippen LogP contribution in [0.3, 0.4) is 0 Å². The molecule has 0 spiro atoms. The number of hydrogen-bond acceptors (Lipinski definition) is 4. The molecule has 0 bridgehead atoms. The van der Waals surface area contributed by atoms with E-state index in [2.05, 4.69) is 32.9 Å². The minimum Gasteiger partial charge on any atom is -0.493 e. The second-order valence-electron chi connectivity index (χ2n) is 6.66. The van der Waals surface area contributed by atoms with Gasteiger partial charge in [0.05, 0.1) is 7.11 Å². The second kappa shape index (κ2) is 8.06. The molecule has 0 aliphatic heterocycles. The Labute approximate surface area is 144 Å². The van der Waals surface area contributed by atoms with Crippen LogP contribution in [-0.2, 0) is 12.0 Å². The van der Waals surface area contributed by atoms with E-state index in [-0.39, 0.29) is 5.41 Å². The second-order valence-corrected chi connectivity index (χ2v) is 6.66. The van der Waals surface area contributed by atoms with E-state index in [9.17, 15) is 0 Å². The summed E-state index contributed by atoms with van der Waals surface area (Å²) in [5, 5.41) is 0. The summed E-state index contributed by atoms with van der Waals surface area (Å²) in [6, 6.07) is 13.9. The van der Waals surface area contributed by atoms with Crippen LogP contribution in [0.2, 0.25) is 0 Å². The molecule has 0 fully saturated rings. The molecule has 0 aliphatic carbocycles. The van der Waals surface area contributed by atoms with Crippen LogP contribution in [0.25, 0.3) is 0 Å². The highest BCUT2D eigenvalue weighted by Crippen LogP contribution is 2.28. The van der Waals surface area contributed by atoms with Gasteiger partial charge in [-0.1, -0.05) is 39.0 Å². The molecule has 130 valence electrons. The standard InChI is InChI=1S/C20H27NO3/c1-20(2,3)16-6-8-17(9-7-16)23-11-12-24-19-13-15(14-21)5-10-18(19)22-4/h5-10,13H,11-12,14,21H2,1-4H3. The predicted octanol–water partition coefficient (Wildman–Crippen LogP) is 3.91. The fourth-order valence-electron chi connectivity index (χ4n) is 2.32. The molecule has 0 atom stereocenters. The summed E-state index contributed by atoms with van der Waals surface area (Å²) in [5.41, 5.74) is 8.10. The molecule has 0 saturated heterocycles. The lowest BCUT2D eigenvalue weighted by Crippen LogP contribution is -2.12. The van der Waals surface area contributed by atoms with Crippen LogP contribution < -0.4 is 19.9 Å². The summed E-state index contributed by atoms with van der Waals surface area (Å²) in [4.78, 5) is 0. The van der Waals surface area contributed by atoms with Crippen LogP contribution in [0.4, 0.5) is 0 Å². The molecular formula is C20H27NO3. The summed E-state index contributed by atoms with van der Waals surface area (Å²) in [6.07, 6.45) is 0. The van der Waals surface area contributed by atoms with E-state index in [1.54, 1.807) is 7.11 Å². The third-order valence-electron chi connectivity index (χ3n) is 3.79. The number of hydrogen-bond donors (Lipinski definition) is 1. The third-order valence-corrected chi connectivity index (χ3v) is 3.79. The van der Waals surface area contributed by atoms with Crippen molar-refractivity contribution in [2.45, 2.75) is 32.7 Å². The van der Waals surface area contributed by atoms with Crippen LogP contribution >= 0.6 is 0 Å². The van der Waals surface area contributed by atoms with Gasteiger partial charge in [0.15, 0.2) is 11.5 Å². The summed E-state index contributed by atoms with van der Waals surface area (Å²) >= 11 is 0. The van der Waals surface area contributed by atoms with Gasteiger partial charge in [-0.25, -0.2) is 0 Å². The Morgan fingerprint density at radius 1 is 0.875 bits per heavy atom. The Morgan fingerprint density at radius 3 is 2.12 bits per heavy atom. The van der Waals surface area contributed by atoms with Gasteiger partial charge in [0, 0.05) is 6.54 Å². The minimum atomic E-state index is 0.145. The van der Waals surface area contributed by atoms with Crippen molar-refractivity contribution in [2.24, 2.45) is 5.73 Å². The van der Waals surface area contributed by atoms with Crippen molar-refractivity contribution in [2.75, 3.05) is 20.3 Å². The molecule has 0 aliphatic rings. The quantitative estimate of drug-likeness (QED) is 0.783. The zero-order chi connectivity index (χ0) is 17.6. The van der Waals surface area contributed by atoms with E-state index < -0.39 is 0 Å². The largest absolute Gasteiger partial charge is 0.493 e. The van der Waals surface area contributed by atoms with Crippen molar-refractivity contribution in [1.82, 2.24) is 0 Å². The molecule has 0 amide bonds. The number of nitrogens with two attached hydrogens (primary N) is 1. The van der Waals surface area contributed by atoms with Gasteiger partial charge >= 0.3 is 0 Å². The van der Waals surface area contributed by atoms with Gasteiger partial charge in [-0.2, -0.15) is 0 Å². The summed E-state index contributed by atoms with van der Waals surface area (Å²) in [6.45, 7) is 7.95. The maximum atomic E-state index is 5.76. The van der Waals surface area contributed by atoms with Crippen LogP contribution in [0, 0.1) is 0 Å².